The van der Waals surface area contributed by atoms with E-state index in [0.29, 0.717) is 12.1 Å². The molecule has 33 heavy (non-hydrogen) atoms. The maximum Gasteiger partial charge on any atom is 0.416 e. The maximum atomic E-state index is 13.0. The van der Waals surface area contributed by atoms with Gasteiger partial charge in [0.2, 0.25) is 0 Å². The third-order valence-corrected chi connectivity index (χ3v) is 5.17. The normalized spacial score (nSPS) is 11.3. The summed E-state index contributed by atoms with van der Waals surface area (Å²) in [6, 6.07) is 15.3. The van der Waals surface area contributed by atoms with E-state index in [2.05, 4.69) is 20.3 Å². The lowest BCUT2D eigenvalue weighted by Crippen LogP contribution is -2.14. The number of alkyl halides is 3. The highest BCUT2D eigenvalue weighted by Gasteiger charge is 2.30. The van der Waals surface area contributed by atoms with Gasteiger partial charge in [-0.3, -0.25) is 9.78 Å². The molecule has 0 aliphatic rings. The highest BCUT2D eigenvalue weighted by atomic mass is 19.4. The summed E-state index contributed by atoms with van der Waals surface area (Å²) in [5, 5.41) is 2.69. The van der Waals surface area contributed by atoms with Gasteiger partial charge >= 0.3 is 6.18 Å². The van der Waals surface area contributed by atoms with E-state index < -0.39 is 17.6 Å². The van der Waals surface area contributed by atoms with Gasteiger partial charge in [-0.2, -0.15) is 13.2 Å². The van der Waals surface area contributed by atoms with Crippen molar-refractivity contribution in [1.29, 1.82) is 0 Å². The minimum atomic E-state index is -4.52. The fourth-order valence-corrected chi connectivity index (χ4v) is 3.42. The molecule has 2 aromatic heterocycles. The summed E-state index contributed by atoms with van der Waals surface area (Å²) in [6.45, 7) is 1.95. The van der Waals surface area contributed by atoms with E-state index in [9.17, 15) is 18.0 Å². The van der Waals surface area contributed by atoms with E-state index in [-0.39, 0.29) is 5.56 Å². The van der Waals surface area contributed by atoms with Crippen molar-refractivity contribution in [3.05, 3.63) is 107 Å². The number of nitrogens with one attached hydrogen (secondary N) is 1. The van der Waals surface area contributed by atoms with Gasteiger partial charge in [0.1, 0.15) is 6.33 Å². The Balaban J connectivity index is 1.58. The molecule has 0 atom stereocenters. The van der Waals surface area contributed by atoms with E-state index in [1.165, 1.54) is 18.5 Å². The molecular weight excluding hydrogens is 429 g/mol. The standard InChI is InChI=1S/C25H19F3N4O/c1-16-7-8-20(32-24(33)17-4-2-5-19(12-17)25(26,27)28)13-18(16)14-23-21(6-3-10-30-23)22-9-11-29-15-31-22/h2-13,15H,14H2,1H3,(H,32,33). The van der Waals surface area contributed by atoms with Gasteiger partial charge in [0.25, 0.3) is 5.91 Å². The second-order valence-corrected chi connectivity index (χ2v) is 7.44. The first-order chi connectivity index (χ1) is 15.8. The van der Waals surface area contributed by atoms with Gasteiger partial charge in [-0.1, -0.05) is 12.1 Å². The van der Waals surface area contributed by atoms with Gasteiger partial charge in [0.05, 0.1) is 17.0 Å². The average molecular weight is 448 g/mol. The fraction of sp³-hybridized carbons (Fsp3) is 0.120. The SMILES string of the molecule is Cc1ccc(NC(=O)c2cccc(C(F)(F)F)c2)cc1Cc1ncccc1-c1ccncn1. The Morgan fingerprint density at radius 3 is 2.58 bits per heavy atom. The zero-order valence-corrected chi connectivity index (χ0v) is 17.6. The molecule has 2 aromatic carbocycles. The summed E-state index contributed by atoms with van der Waals surface area (Å²) in [5.74, 6) is -0.615. The molecule has 1 amide bonds. The third-order valence-electron chi connectivity index (χ3n) is 5.17. The molecule has 2 heterocycles. The molecular formula is C25H19F3N4O. The van der Waals surface area contributed by atoms with Crippen LogP contribution in [0.3, 0.4) is 0 Å². The molecule has 8 heteroatoms. The lowest BCUT2D eigenvalue weighted by Gasteiger charge is -2.13. The summed E-state index contributed by atoms with van der Waals surface area (Å²) in [4.78, 5) is 25.3. The molecule has 0 fully saturated rings. The second-order valence-electron chi connectivity index (χ2n) is 7.44. The number of carbonyl (C=O) groups excluding carboxylic acids is 1. The Labute approximate surface area is 188 Å². The van der Waals surface area contributed by atoms with Crippen molar-refractivity contribution in [3.63, 3.8) is 0 Å². The third kappa shape index (κ3) is 5.23. The van der Waals surface area contributed by atoms with Crippen LogP contribution < -0.4 is 5.32 Å². The van der Waals surface area contributed by atoms with Crippen LogP contribution in [0, 0.1) is 6.92 Å². The number of hydrogen-bond donors (Lipinski definition) is 1. The van der Waals surface area contributed by atoms with Gasteiger partial charge in [0, 0.05) is 35.6 Å². The molecule has 5 nitrogen and oxygen atoms in total. The molecule has 4 aromatic rings. The number of benzene rings is 2. The Morgan fingerprint density at radius 2 is 1.82 bits per heavy atom. The predicted molar refractivity (Wildman–Crippen MR) is 119 cm³/mol. The summed E-state index contributed by atoms with van der Waals surface area (Å²) >= 11 is 0. The van der Waals surface area contributed by atoms with Crippen molar-refractivity contribution in [2.45, 2.75) is 19.5 Å². The number of halogens is 3. The van der Waals surface area contributed by atoms with Crippen LogP contribution in [-0.2, 0) is 12.6 Å². The molecule has 0 radical (unpaired) electrons. The number of pyridine rings is 1. The van der Waals surface area contributed by atoms with E-state index in [1.807, 2.05) is 25.1 Å². The Hall–Kier alpha value is -4.07. The number of anilines is 1. The van der Waals surface area contributed by atoms with E-state index in [1.54, 1.807) is 30.6 Å². The number of hydrogen-bond acceptors (Lipinski definition) is 4. The van der Waals surface area contributed by atoms with E-state index >= 15 is 0 Å². The van der Waals surface area contributed by atoms with Crippen LogP contribution in [0.15, 0.2) is 79.4 Å². The molecule has 166 valence electrons. The quantitative estimate of drug-likeness (QED) is 0.425. The Bertz CT molecular complexity index is 1290. The van der Waals surface area contributed by atoms with Gasteiger partial charge in [-0.25, -0.2) is 9.97 Å². The fourth-order valence-electron chi connectivity index (χ4n) is 3.42. The minimum Gasteiger partial charge on any atom is -0.322 e. The summed E-state index contributed by atoms with van der Waals surface area (Å²) in [5.41, 5.74) is 3.89. The van der Waals surface area contributed by atoms with E-state index in [4.69, 9.17) is 0 Å². The van der Waals surface area contributed by atoms with Crippen molar-refractivity contribution in [2.75, 3.05) is 5.32 Å². The zero-order chi connectivity index (χ0) is 23.4. The molecule has 0 unspecified atom stereocenters. The number of rotatable bonds is 5. The van der Waals surface area contributed by atoms with Crippen LogP contribution in [0.4, 0.5) is 18.9 Å². The minimum absolute atomic E-state index is 0.0669. The first kappa shape index (κ1) is 22.1. The van der Waals surface area contributed by atoms with Crippen LogP contribution in [0.2, 0.25) is 0 Å². The highest BCUT2D eigenvalue weighted by Crippen LogP contribution is 2.30. The number of aryl methyl sites for hydroxylation is 1. The van der Waals surface area contributed by atoms with Crippen molar-refractivity contribution in [1.82, 2.24) is 15.0 Å². The zero-order valence-electron chi connectivity index (χ0n) is 17.6. The van der Waals surface area contributed by atoms with Gasteiger partial charge in [-0.05, 0) is 66.6 Å². The van der Waals surface area contributed by atoms with Crippen LogP contribution in [0.1, 0.15) is 32.7 Å². The number of amides is 1. The average Bonchev–Trinajstić information content (AvgIpc) is 2.82. The largest absolute Gasteiger partial charge is 0.416 e. The predicted octanol–water partition coefficient (Wildman–Crippen LogP) is 5.71. The first-order valence-corrected chi connectivity index (χ1v) is 10.1. The lowest BCUT2D eigenvalue weighted by molar-refractivity contribution is -0.137. The summed E-state index contributed by atoms with van der Waals surface area (Å²) in [7, 11) is 0. The Kier molecular flexibility index (Phi) is 6.17. The van der Waals surface area contributed by atoms with Crippen molar-refractivity contribution in [3.8, 4) is 11.3 Å². The molecule has 0 saturated carbocycles. The molecule has 0 saturated heterocycles. The monoisotopic (exact) mass is 448 g/mol. The smallest absolute Gasteiger partial charge is 0.322 e. The maximum absolute atomic E-state index is 13.0. The number of aromatic nitrogens is 3. The lowest BCUT2D eigenvalue weighted by atomic mass is 9.99. The van der Waals surface area contributed by atoms with Crippen LogP contribution in [0.25, 0.3) is 11.3 Å². The van der Waals surface area contributed by atoms with Crippen molar-refractivity contribution < 1.29 is 18.0 Å². The van der Waals surface area contributed by atoms with E-state index in [0.717, 1.165) is 40.2 Å². The van der Waals surface area contributed by atoms with Crippen LogP contribution >= 0.6 is 0 Å². The Morgan fingerprint density at radius 1 is 0.970 bits per heavy atom. The molecule has 0 aliphatic heterocycles. The van der Waals surface area contributed by atoms with Crippen molar-refractivity contribution in [2.24, 2.45) is 0 Å². The summed E-state index contributed by atoms with van der Waals surface area (Å²) < 4.78 is 38.9. The molecule has 0 bridgehead atoms. The topological polar surface area (TPSA) is 67.8 Å². The van der Waals surface area contributed by atoms with Crippen molar-refractivity contribution >= 4 is 11.6 Å². The van der Waals surface area contributed by atoms with Gasteiger partial charge in [-0.15, -0.1) is 0 Å². The first-order valence-electron chi connectivity index (χ1n) is 10.1. The van der Waals surface area contributed by atoms with Crippen LogP contribution in [0.5, 0.6) is 0 Å². The number of nitrogens with zero attached hydrogens (tertiary/aromatic N) is 3. The molecule has 0 aliphatic carbocycles. The highest BCUT2D eigenvalue weighted by molar-refractivity contribution is 6.04. The van der Waals surface area contributed by atoms with Gasteiger partial charge < -0.3 is 5.32 Å². The molecule has 1 N–H and O–H groups in total. The molecule has 0 spiro atoms. The summed E-state index contributed by atoms with van der Waals surface area (Å²) in [6.07, 6.45) is 0.806. The van der Waals surface area contributed by atoms with Crippen LogP contribution in [-0.4, -0.2) is 20.9 Å². The second kappa shape index (κ2) is 9.20. The number of carbonyl (C=O) groups is 1. The molecule has 4 rings (SSSR count). The van der Waals surface area contributed by atoms with Gasteiger partial charge in [0.15, 0.2) is 0 Å².